The number of hydrogen-bond acceptors (Lipinski definition) is 6. The fourth-order valence-electron chi connectivity index (χ4n) is 1.39. The van der Waals surface area contributed by atoms with Crippen molar-refractivity contribution in [1.29, 1.82) is 10.5 Å². The van der Waals surface area contributed by atoms with E-state index >= 15 is 0 Å². The van der Waals surface area contributed by atoms with Gasteiger partial charge in [-0.15, -0.1) is 5.10 Å². The fourth-order valence-corrected chi connectivity index (χ4v) is 2.00. The van der Waals surface area contributed by atoms with Gasteiger partial charge in [-0.3, -0.25) is 0 Å². The molecule has 0 saturated heterocycles. The Bertz CT molecular complexity index is 643. The molecule has 8 heteroatoms. The van der Waals surface area contributed by atoms with Crippen LogP contribution < -0.4 is 0 Å². The van der Waals surface area contributed by atoms with E-state index in [1.165, 1.54) is 0 Å². The summed E-state index contributed by atoms with van der Waals surface area (Å²) in [6.07, 6.45) is 0. The molecule has 6 nitrogen and oxygen atoms in total. The average molecular weight is 265 g/mol. The number of aryl methyl sites for hydroxylation is 1. The Morgan fingerprint density at radius 1 is 1.41 bits per heavy atom. The van der Waals surface area contributed by atoms with Gasteiger partial charge in [0.05, 0.1) is 6.54 Å². The van der Waals surface area contributed by atoms with Crippen molar-refractivity contribution in [2.45, 2.75) is 13.5 Å². The van der Waals surface area contributed by atoms with Crippen LogP contribution in [0.15, 0.2) is 0 Å². The molecule has 0 fully saturated rings. The summed E-state index contributed by atoms with van der Waals surface area (Å²) in [5, 5.41) is 21.7. The molecule has 0 aliphatic carbocycles. The lowest BCUT2D eigenvalue weighted by Gasteiger charge is -2.03. The molecule has 0 aliphatic rings. The van der Waals surface area contributed by atoms with Crippen molar-refractivity contribution in [3.05, 3.63) is 27.2 Å². The van der Waals surface area contributed by atoms with E-state index in [9.17, 15) is 0 Å². The fraction of sp³-hybridized carbons (Fsp3) is 0.222. The van der Waals surface area contributed by atoms with Crippen molar-refractivity contribution in [1.82, 2.24) is 19.1 Å². The summed E-state index contributed by atoms with van der Waals surface area (Å²) in [4.78, 5) is 4.00. The predicted molar refractivity (Wildman–Crippen MR) is 60.4 cm³/mol. The second kappa shape index (κ2) is 4.50. The lowest BCUT2D eigenvalue weighted by atomic mass is 10.3. The van der Waals surface area contributed by atoms with Crippen LogP contribution in [0.5, 0.6) is 0 Å². The first-order chi connectivity index (χ1) is 8.17. The zero-order chi connectivity index (χ0) is 12.4. The van der Waals surface area contributed by atoms with E-state index in [1.807, 2.05) is 12.1 Å². The molecule has 0 unspecified atom stereocenters. The minimum Gasteiger partial charge on any atom is -0.313 e. The number of hydrogen-bond donors (Lipinski definition) is 0. The third-order valence-corrected chi connectivity index (χ3v) is 3.17. The van der Waals surface area contributed by atoms with Gasteiger partial charge in [0.1, 0.15) is 28.0 Å². The molecule has 2 aromatic heterocycles. The maximum Gasteiger partial charge on any atom is 0.177 e. The van der Waals surface area contributed by atoms with Crippen molar-refractivity contribution in [2.75, 3.05) is 0 Å². The van der Waals surface area contributed by atoms with Crippen LogP contribution in [0, 0.1) is 29.6 Å². The monoisotopic (exact) mass is 264 g/mol. The molecule has 0 amide bonds. The SMILES string of the molecule is Cc1nc(C#N)c(C#N)n1Cc1nnsc1Cl. The first-order valence-electron chi connectivity index (χ1n) is 4.51. The molecule has 2 rings (SSSR count). The van der Waals surface area contributed by atoms with Crippen molar-refractivity contribution >= 4 is 23.1 Å². The van der Waals surface area contributed by atoms with Crippen LogP contribution in [0.3, 0.4) is 0 Å². The van der Waals surface area contributed by atoms with Gasteiger partial charge < -0.3 is 4.57 Å². The lowest BCUT2D eigenvalue weighted by molar-refractivity contribution is 0.729. The molecule has 0 bridgehead atoms. The summed E-state index contributed by atoms with van der Waals surface area (Å²) in [6.45, 7) is 2.01. The maximum atomic E-state index is 9.01. The van der Waals surface area contributed by atoms with E-state index in [1.54, 1.807) is 11.5 Å². The van der Waals surface area contributed by atoms with E-state index in [-0.39, 0.29) is 11.4 Å². The second-order valence-electron chi connectivity index (χ2n) is 3.16. The minimum atomic E-state index is 0.115. The van der Waals surface area contributed by atoms with Gasteiger partial charge in [-0.25, -0.2) is 4.98 Å². The van der Waals surface area contributed by atoms with Crippen LogP contribution in [-0.2, 0) is 6.54 Å². The average Bonchev–Trinajstić information content (AvgIpc) is 2.85. The van der Waals surface area contributed by atoms with Gasteiger partial charge in [0.25, 0.3) is 0 Å². The molecule has 2 heterocycles. The highest BCUT2D eigenvalue weighted by molar-refractivity contribution is 7.10. The number of imidazole rings is 1. The largest absolute Gasteiger partial charge is 0.313 e. The number of aromatic nitrogens is 4. The molecule has 0 aliphatic heterocycles. The highest BCUT2D eigenvalue weighted by atomic mass is 35.5. The van der Waals surface area contributed by atoms with Gasteiger partial charge in [0, 0.05) is 11.5 Å². The van der Waals surface area contributed by atoms with E-state index in [2.05, 4.69) is 14.6 Å². The first kappa shape index (κ1) is 11.5. The normalized spacial score (nSPS) is 9.88. The van der Waals surface area contributed by atoms with Crippen LogP contribution in [0.25, 0.3) is 0 Å². The van der Waals surface area contributed by atoms with E-state index in [0.29, 0.717) is 22.4 Å². The molecule has 84 valence electrons. The van der Waals surface area contributed by atoms with Crippen LogP contribution in [-0.4, -0.2) is 19.1 Å². The first-order valence-corrected chi connectivity index (χ1v) is 5.66. The third-order valence-electron chi connectivity index (χ3n) is 2.19. The quantitative estimate of drug-likeness (QED) is 0.819. The molecule has 0 atom stereocenters. The van der Waals surface area contributed by atoms with Gasteiger partial charge in [-0.2, -0.15) is 10.5 Å². The molecule has 0 saturated carbocycles. The van der Waals surface area contributed by atoms with Gasteiger partial charge >= 0.3 is 0 Å². The smallest absolute Gasteiger partial charge is 0.177 e. The molecular formula is C9H5ClN6S. The van der Waals surface area contributed by atoms with Gasteiger partial charge in [0.2, 0.25) is 0 Å². The zero-order valence-electron chi connectivity index (χ0n) is 8.68. The van der Waals surface area contributed by atoms with Gasteiger partial charge in [-0.05, 0) is 6.92 Å². The molecule has 0 radical (unpaired) electrons. The Hall–Kier alpha value is -1.96. The topological polar surface area (TPSA) is 91.2 Å². The molecule has 0 aromatic carbocycles. The Balaban J connectivity index is 2.47. The molecular weight excluding hydrogens is 260 g/mol. The maximum absolute atomic E-state index is 9.01. The zero-order valence-corrected chi connectivity index (χ0v) is 10.2. The van der Waals surface area contributed by atoms with E-state index in [4.69, 9.17) is 22.1 Å². The standard InChI is InChI=1S/C9H5ClN6S/c1-5-13-6(2-11)8(3-12)16(5)4-7-9(10)17-15-14-7/h4H2,1H3. The molecule has 0 spiro atoms. The lowest BCUT2D eigenvalue weighted by Crippen LogP contribution is -2.05. The predicted octanol–water partition coefficient (Wildman–Crippen LogP) is 1.49. The van der Waals surface area contributed by atoms with Crippen molar-refractivity contribution in [3.63, 3.8) is 0 Å². The van der Waals surface area contributed by atoms with Gasteiger partial charge in [0.15, 0.2) is 11.4 Å². The van der Waals surface area contributed by atoms with Crippen LogP contribution in [0.1, 0.15) is 22.9 Å². The summed E-state index contributed by atoms with van der Waals surface area (Å²) in [7, 11) is 0. The third kappa shape index (κ3) is 1.98. The number of halogens is 1. The highest BCUT2D eigenvalue weighted by Gasteiger charge is 2.16. The summed E-state index contributed by atoms with van der Waals surface area (Å²) < 4.78 is 5.78. The highest BCUT2D eigenvalue weighted by Crippen LogP contribution is 2.20. The number of nitriles is 2. The Morgan fingerprint density at radius 2 is 2.18 bits per heavy atom. The Labute approximate surface area is 106 Å². The minimum absolute atomic E-state index is 0.115. The van der Waals surface area contributed by atoms with Gasteiger partial charge in [-0.1, -0.05) is 16.1 Å². The summed E-state index contributed by atoms with van der Waals surface area (Å²) in [5.74, 6) is 0.571. The van der Waals surface area contributed by atoms with Crippen molar-refractivity contribution in [3.8, 4) is 12.1 Å². The van der Waals surface area contributed by atoms with Crippen LogP contribution in [0.2, 0.25) is 4.34 Å². The van der Waals surface area contributed by atoms with E-state index in [0.717, 1.165) is 11.5 Å². The van der Waals surface area contributed by atoms with Crippen molar-refractivity contribution < 1.29 is 0 Å². The Morgan fingerprint density at radius 3 is 2.71 bits per heavy atom. The van der Waals surface area contributed by atoms with Crippen molar-refractivity contribution in [2.24, 2.45) is 0 Å². The summed E-state index contributed by atoms with van der Waals surface area (Å²) in [6, 6.07) is 3.84. The summed E-state index contributed by atoms with van der Waals surface area (Å²) >= 11 is 6.97. The number of rotatable bonds is 2. The molecule has 0 N–H and O–H groups in total. The van der Waals surface area contributed by atoms with Crippen LogP contribution >= 0.6 is 23.1 Å². The Kier molecular flexibility index (Phi) is 3.05. The number of nitrogens with zero attached hydrogens (tertiary/aromatic N) is 6. The van der Waals surface area contributed by atoms with Crippen LogP contribution in [0.4, 0.5) is 0 Å². The van der Waals surface area contributed by atoms with E-state index < -0.39 is 0 Å². The molecule has 17 heavy (non-hydrogen) atoms. The summed E-state index contributed by atoms with van der Waals surface area (Å²) in [5.41, 5.74) is 0.900. The second-order valence-corrected chi connectivity index (χ2v) is 4.52. The molecule has 2 aromatic rings.